The third kappa shape index (κ3) is 3.56. The SMILES string of the molecule is Cc1cnc(Nc2cnn(C)c2)nc1-c1ccc(C(=O)NC2CC2)cc1. The Balaban J connectivity index is 1.56. The summed E-state index contributed by atoms with van der Waals surface area (Å²) < 4.78 is 1.71. The second-order valence-electron chi connectivity index (χ2n) is 6.58. The van der Waals surface area contributed by atoms with Crippen LogP contribution in [0.25, 0.3) is 11.3 Å². The molecule has 3 aromatic rings. The third-order valence-corrected chi connectivity index (χ3v) is 4.27. The molecule has 7 heteroatoms. The van der Waals surface area contributed by atoms with Crippen molar-refractivity contribution in [2.24, 2.45) is 7.05 Å². The van der Waals surface area contributed by atoms with E-state index < -0.39 is 0 Å². The average molecular weight is 348 g/mol. The predicted octanol–water partition coefficient (Wildman–Crippen LogP) is 2.82. The van der Waals surface area contributed by atoms with E-state index in [0.717, 1.165) is 35.3 Å². The number of anilines is 2. The number of amides is 1. The number of aromatic nitrogens is 4. The number of nitrogens with one attached hydrogen (secondary N) is 2. The van der Waals surface area contributed by atoms with Crippen LogP contribution in [-0.4, -0.2) is 31.7 Å². The summed E-state index contributed by atoms with van der Waals surface area (Å²) in [6.07, 6.45) is 7.52. The van der Waals surface area contributed by atoms with Gasteiger partial charge in [-0.15, -0.1) is 0 Å². The van der Waals surface area contributed by atoms with Crippen LogP contribution in [-0.2, 0) is 7.05 Å². The van der Waals surface area contributed by atoms with Crippen molar-refractivity contribution < 1.29 is 4.79 Å². The molecule has 1 fully saturated rings. The van der Waals surface area contributed by atoms with Crippen LogP contribution >= 0.6 is 0 Å². The van der Waals surface area contributed by atoms with Gasteiger partial charge >= 0.3 is 0 Å². The molecule has 1 saturated carbocycles. The number of hydrogen-bond acceptors (Lipinski definition) is 5. The van der Waals surface area contributed by atoms with Gasteiger partial charge < -0.3 is 10.6 Å². The Hall–Kier alpha value is -3.22. The average Bonchev–Trinajstić information content (AvgIpc) is 3.36. The van der Waals surface area contributed by atoms with Crippen LogP contribution in [0.15, 0.2) is 42.9 Å². The van der Waals surface area contributed by atoms with Gasteiger partial charge in [-0.1, -0.05) is 12.1 Å². The number of rotatable bonds is 5. The Kier molecular flexibility index (Phi) is 4.12. The summed E-state index contributed by atoms with van der Waals surface area (Å²) in [6.45, 7) is 1.97. The molecule has 0 spiro atoms. The zero-order valence-electron chi connectivity index (χ0n) is 14.7. The van der Waals surface area contributed by atoms with Crippen molar-refractivity contribution in [2.75, 3.05) is 5.32 Å². The van der Waals surface area contributed by atoms with Crippen molar-refractivity contribution in [3.05, 3.63) is 54.0 Å². The molecule has 2 heterocycles. The lowest BCUT2D eigenvalue weighted by Crippen LogP contribution is -2.25. The molecule has 1 amide bonds. The maximum Gasteiger partial charge on any atom is 0.251 e. The van der Waals surface area contributed by atoms with Crippen molar-refractivity contribution in [3.63, 3.8) is 0 Å². The van der Waals surface area contributed by atoms with E-state index in [9.17, 15) is 4.79 Å². The maximum atomic E-state index is 12.1. The minimum absolute atomic E-state index is 0.0163. The highest BCUT2D eigenvalue weighted by Gasteiger charge is 2.23. The standard InChI is InChI=1S/C19H20N6O/c1-12-9-20-19(23-16-10-21-25(2)11-16)24-17(12)13-3-5-14(6-4-13)18(26)22-15-7-8-15/h3-6,9-11,15H,7-8H2,1-2H3,(H,22,26)(H,20,23,24). The van der Waals surface area contributed by atoms with Crippen molar-refractivity contribution in [1.82, 2.24) is 25.1 Å². The normalized spacial score (nSPS) is 13.5. The Bertz CT molecular complexity index is 943. The second kappa shape index (κ2) is 6.59. The van der Waals surface area contributed by atoms with Crippen LogP contribution in [0.4, 0.5) is 11.6 Å². The fourth-order valence-electron chi connectivity index (χ4n) is 2.69. The summed E-state index contributed by atoms with van der Waals surface area (Å²) in [6, 6.07) is 7.87. The number of benzene rings is 1. The van der Waals surface area contributed by atoms with E-state index in [-0.39, 0.29) is 5.91 Å². The molecule has 7 nitrogen and oxygen atoms in total. The van der Waals surface area contributed by atoms with E-state index in [1.54, 1.807) is 17.1 Å². The van der Waals surface area contributed by atoms with Gasteiger partial charge in [-0.25, -0.2) is 9.97 Å². The summed E-state index contributed by atoms with van der Waals surface area (Å²) >= 11 is 0. The summed E-state index contributed by atoms with van der Waals surface area (Å²) in [4.78, 5) is 21.1. The topological polar surface area (TPSA) is 84.7 Å². The summed E-state index contributed by atoms with van der Waals surface area (Å²) in [5.74, 6) is 0.492. The van der Waals surface area contributed by atoms with Gasteiger partial charge in [0.2, 0.25) is 5.95 Å². The van der Waals surface area contributed by atoms with Crippen LogP contribution in [0.1, 0.15) is 28.8 Å². The van der Waals surface area contributed by atoms with Crippen LogP contribution in [0, 0.1) is 6.92 Å². The first-order chi connectivity index (χ1) is 12.6. The van der Waals surface area contributed by atoms with Gasteiger partial charge in [0.25, 0.3) is 5.91 Å². The molecule has 2 aromatic heterocycles. The van der Waals surface area contributed by atoms with Gasteiger partial charge in [0, 0.05) is 36.6 Å². The zero-order valence-corrected chi connectivity index (χ0v) is 14.7. The fourth-order valence-corrected chi connectivity index (χ4v) is 2.69. The van der Waals surface area contributed by atoms with Crippen molar-refractivity contribution in [3.8, 4) is 11.3 Å². The van der Waals surface area contributed by atoms with E-state index in [2.05, 4.69) is 25.7 Å². The molecule has 26 heavy (non-hydrogen) atoms. The Labute approximate surface area is 151 Å². The molecule has 0 aliphatic heterocycles. The van der Waals surface area contributed by atoms with Crippen LogP contribution in [0.3, 0.4) is 0 Å². The number of carbonyl (C=O) groups excluding carboxylic acids is 1. The van der Waals surface area contributed by atoms with Crippen LogP contribution < -0.4 is 10.6 Å². The number of aryl methyl sites for hydroxylation is 2. The van der Waals surface area contributed by atoms with Crippen molar-refractivity contribution in [1.29, 1.82) is 0 Å². The highest BCUT2D eigenvalue weighted by molar-refractivity contribution is 5.95. The van der Waals surface area contributed by atoms with Gasteiger partial charge in [0.1, 0.15) is 0 Å². The quantitative estimate of drug-likeness (QED) is 0.741. The molecule has 0 bridgehead atoms. The lowest BCUT2D eigenvalue weighted by molar-refractivity contribution is 0.0951. The predicted molar refractivity (Wildman–Crippen MR) is 99.2 cm³/mol. The van der Waals surface area contributed by atoms with Crippen molar-refractivity contribution >= 4 is 17.5 Å². The van der Waals surface area contributed by atoms with E-state index in [1.165, 1.54) is 0 Å². The van der Waals surface area contributed by atoms with E-state index in [1.807, 2.05) is 44.4 Å². The Morgan fingerprint density at radius 3 is 2.62 bits per heavy atom. The summed E-state index contributed by atoms with van der Waals surface area (Å²) in [7, 11) is 1.85. The van der Waals surface area contributed by atoms with Gasteiger partial charge in [0.05, 0.1) is 17.6 Å². The molecule has 1 aliphatic carbocycles. The van der Waals surface area contributed by atoms with Gasteiger partial charge in [-0.05, 0) is 37.5 Å². The molecule has 0 atom stereocenters. The monoisotopic (exact) mass is 348 g/mol. The largest absolute Gasteiger partial charge is 0.349 e. The molecule has 1 aliphatic rings. The maximum absolute atomic E-state index is 12.1. The molecular formula is C19H20N6O. The smallest absolute Gasteiger partial charge is 0.251 e. The Morgan fingerprint density at radius 1 is 1.19 bits per heavy atom. The molecule has 4 rings (SSSR count). The minimum Gasteiger partial charge on any atom is -0.349 e. The zero-order chi connectivity index (χ0) is 18.1. The number of nitrogens with zero attached hydrogens (tertiary/aromatic N) is 4. The number of carbonyl (C=O) groups is 1. The van der Waals surface area contributed by atoms with Gasteiger partial charge in [0.15, 0.2) is 0 Å². The lowest BCUT2D eigenvalue weighted by atomic mass is 10.1. The Morgan fingerprint density at radius 2 is 1.96 bits per heavy atom. The molecule has 2 N–H and O–H groups in total. The van der Waals surface area contributed by atoms with Crippen LogP contribution in [0.5, 0.6) is 0 Å². The molecule has 0 saturated heterocycles. The van der Waals surface area contributed by atoms with E-state index in [4.69, 9.17) is 0 Å². The summed E-state index contributed by atoms with van der Waals surface area (Å²) in [5.41, 5.74) is 4.25. The molecule has 1 aromatic carbocycles. The first-order valence-electron chi connectivity index (χ1n) is 8.59. The molecule has 0 radical (unpaired) electrons. The first-order valence-corrected chi connectivity index (χ1v) is 8.59. The first kappa shape index (κ1) is 16.3. The minimum atomic E-state index is -0.0163. The summed E-state index contributed by atoms with van der Waals surface area (Å²) in [5, 5.41) is 10.3. The molecular weight excluding hydrogens is 328 g/mol. The highest BCUT2D eigenvalue weighted by Crippen LogP contribution is 2.24. The second-order valence-corrected chi connectivity index (χ2v) is 6.58. The van der Waals surface area contributed by atoms with E-state index >= 15 is 0 Å². The van der Waals surface area contributed by atoms with Gasteiger partial charge in [-0.3, -0.25) is 9.48 Å². The highest BCUT2D eigenvalue weighted by atomic mass is 16.1. The van der Waals surface area contributed by atoms with Gasteiger partial charge in [-0.2, -0.15) is 5.10 Å². The third-order valence-electron chi connectivity index (χ3n) is 4.27. The lowest BCUT2D eigenvalue weighted by Gasteiger charge is -2.09. The fraction of sp³-hybridized carbons (Fsp3) is 0.263. The van der Waals surface area contributed by atoms with Crippen molar-refractivity contribution in [2.45, 2.75) is 25.8 Å². The molecule has 0 unspecified atom stereocenters. The van der Waals surface area contributed by atoms with E-state index in [0.29, 0.717) is 17.6 Å². The molecule has 132 valence electrons. The van der Waals surface area contributed by atoms with Crippen LogP contribution in [0.2, 0.25) is 0 Å². The number of hydrogen-bond donors (Lipinski definition) is 2.